The summed E-state index contributed by atoms with van der Waals surface area (Å²) in [6.45, 7) is -0.319. The van der Waals surface area contributed by atoms with E-state index in [-0.39, 0.29) is 22.0 Å². The lowest BCUT2D eigenvalue weighted by Crippen LogP contribution is -2.22. The Hall–Kier alpha value is -2.24. The number of carbonyl (C=O) groups is 1. The first-order valence-corrected chi connectivity index (χ1v) is 10.1. The Kier molecular flexibility index (Phi) is 5.21. The Labute approximate surface area is 171 Å². The van der Waals surface area contributed by atoms with E-state index in [1.54, 1.807) is 22.8 Å². The van der Waals surface area contributed by atoms with Crippen LogP contribution in [0.3, 0.4) is 0 Å². The Balaban J connectivity index is 1.95. The highest BCUT2D eigenvalue weighted by molar-refractivity contribution is 6.45. The molecular weight excluding hydrogens is 399 g/mol. The maximum atomic E-state index is 13.0. The summed E-state index contributed by atoms with van der Waals surface area (Å²) < 4.78 is 1.56. The average Bonchev–Trinajstić information content (AvgIpc) is 2.68. The number of carboxylic acids is 1. The smallest absolute Gasteiger partial charge is 0.323 e. The second kappa shape index (κ2) is 7.64. The quantitative estimate of drug-likeness (QED) is 0.564. The van der Waals surface area contributed by atoms with Crippen molar-refractivity contribution in [1.82, 2.24) is 4.57 Å². The topological polar surface area (TPSA) is 71.3 Å². The summed E-state index contributed by atoms with van der Waals surface area (Å²) in [7, 11) is 0. The lowest BCUT2D eigenvalue weighted by Gasteiger charge is -2.24. The normalized spacial score (nSPS) is 15.2. The zero-order chi connectivity index (χ0) is 19.8. The number of anilines is 1. The maximum Gasteiger partial charge on any atom is 0.323 e. The van der Waals surface area contributed by atoms with Crippen LogP contribution in [0.15, 0.2) is 35.1 Å². The van der Waals surface area contributed by atoms with Gasteiger partial charge >= 0.3 is 5.97 Å². The van der Waals surface area contributed by atoms with Crippen LogP contribution in [0, 0.1) is 0 Å². The Morgan fingerprint density at radius 2 is 1.82 bits per heavy atom. The number of fused-ring (bicyclic) bond motifs is 2. The molecule has 28 heavy (non-hydrogen) atoms. The molecule has 7 heteroatoms. The highest BCUT2D eigenvalue weighted by Crippen LogP contribution is 2.32. The van der Waals surface area contributed by atoms with E-state index in [1.165, 1.54) is 19.3 Å². The predicted molar refractivity (Wildman–Crippen MR) is 114 cm³/mol. The van der Waals surface area contributed by atoms with Gasteiger partial charge in [0.05, 0.1) is 21.1 Å². The van der Waals surface area contributed by atoms with Crippen molar-refractivity contribution in [3.8, 4) is 0 Å². The van der Waals surface area contributed by atoms with E-state index in [9.17, 15) is 14.7 Å². The van der Waals surface area contributed by atoms with Crippen molar-refractivity contribution in [3.63, 3.8) is 0 Å². The van der Waals surface area contributed by atoms with Gasteiger partial charge in [-0.05, 0) is 43.2 Å². The van der Waals surface area contributed by atoms with Crippen LogP contribution in [-0.4, -0.2) is 21.7 Å². The van der Waals surface area contributed by atoms with Gasteiger partial charge in [-0.3, -0.25) is 9.59 Å². The fourth-order valence-corrected chi connectivity index (χ4v) is 4.49. The maximum absolute atomic E-state index is 13.0. The first-order chi connectivity index (χ1) is 13.5. The molecule has 0 atom stereocenters. The lowest BCUT2D eigenvalue weighted by molar-refractivity contribution is -0.137. The Morgan fingerprint density at radius 3 is 2.54 bits per heavy atom. The van der Waals surface area contributed by atoms with E-state index in [4.69, 9.17) is 23.2 Å². The van der Waals surface area contributed by atoms with E-state index >= 15 is 0 Å². The van der Waals surface area contributed by atoms with Crippen LogP contribution < -0.4 is 10.7 Å². The average molecular weight is 419 g/mol. The summed E-state index contributed by atoms with van der Waals surface area (Å²) in [5.41, 5.74) is 1.57. The number of hydrogen-bond acceptors (Lipinski definition) is 3. The van der Waals surface area contributed by atoms with Crippen LogP contribution >= 0.6 is 23.2 Å². The van der Waals surface area contributed by atoms with Crippen LogP contribution in [0.5, 0.6) is 0 Å². The summed E-state index contributed by atoms with van der Waals surface area (Å²) in [5.74, 6) is -1.02. The first kappa shape index (κ1) is 19.1. The van der Waals surface area contributed by atoms with Crippen molar-refractivity contribution in [2.24, 2.45) is 0 Å². The van der Waals surface area contributed by atoms with E-state index < -0.39 is 5.97 Å². The molecule has 1 saturated carbocycles. The molecule has 2 N–H and O–H groups in total. The molecule has 5 nitrogen and oxygen atoms in total. The number of benzene rings is 2. The van der Waals surface area contributed by atoms with Crippen LogP contribution in [0.4, 0.5) is 5.69 Å². The molecule has 1 aliphatic carbocycles. The number of hydrogen-bond donors (Lipinski definition) is 2. The Morgan fingerprint density at radius 1 is 1.11 bits per heavy atom. The zero-order valence-corrected chi connectivity index (χ0v) is 16.7. The summed E-state index contributed by atoms with van der Waals surface area (Å²) in [6, 6.07) is 9.02. The molecule has 0 unspecified atom stereocenters. The molecule has 0 radical (unpaired) electrons. The highest BCUT2D eigenvalue weighted by Gasteiger charge is 2.18. The van der Waals surface area contributed by atoms with Gasteiger partial charge in [0, 0.05) is 22.5 Å². The van der Waals surface area contributed by atoms with Crippen molar-refractivity contribution in [1.29, 1.82) is 0 Å². The summed E-state index contributed by atoms with van der Waals surface area (Å²) >= 11 is 12.5. The molecule has 0 bridgehead atoms. The molecule has 1 aromatic heterocycles. The molecule has 1 aliphatic rings. The number of halogens is 2. The van der Waals surface area contributed by atoms with Crippen molar-refractivity contribution in [3.05, 3.63) is 50.6 Å². The summed E-state index contributed by atoms with van der Waals surface area (Å²) in [4.78, 5) is 24.6. The van der Waals surface area contributed by atoms with E-state index in [2.05, 4.69) is 5.32 Å². The minimum atomic E-state index is -1.02. The standard InChI is InChI=1S/C21H20Cl2N2O3/c22-16-9-8-15-20(19(16)23)25(11-18(26)27)17-10-13(6-7-14(17)21(15)28)24-12-4-2-1-3-5-12/h6-10,12,24H,1-5,11H2,(H,26,27). The van der Waals surface area contributed by atoms with Gasteiger partial charge in [-0.1, -0.05) is 42.5 Å². The molecule has 1 fully saturated rings. The molecule has 3 aromatic rings. The van der Waals surface area contributed by atoms with Crippen molar-refractivity contribution in [2.75, 3.05) is 5.32 Å². The monoisotopic (exact) mass is 418 g/mol. The number of pyridine rings is 1. The van der Waals surface area contributed by atoms with Gasteiger partial charge in [0.15, 0.2) is 5.43 Å². The molecule has 4 rings (SSSR count). The zero-order valence-electron chi connectivity index (χ0n) is 15.2. The number of aromatic nitrogens is 1. The van der Waals surface area contributed by atoms with Gasteiger partial charge in [0.25, 0.3) is 0 Å². The molecule has 1 heterocycles. The van der Waals surface area contributed by atoms with E-state index in [0.29, 0.717) is 27.8 Å². The third-order valence-electron chi connectivity index (χ3n) is 5.39. The van der Waals surface area contributed by atoms with Gasteiger partial charge in [-0.2, -0.15) is 0 Å². The number of aliphatic carboxylic acids is 1. The molecule has 0 saturated heterocycles. The van der Waals surface area contributed by atoms with Crippen LogP contribution in [0.1, 0.15) is 32.1 Å². The lowest BCUT2D eigenvalue weighted by atomic mass is 9.95. The third-order valence-corrected chi connectivity index (χ3v) is 6.18. The number of nitrogens with zero attached hydrogens (tertiary/aromatic N) is 1. The second-order valence-electron chi connectivity index (χ2n) is 7.28. The third kappa shape index (κ3) is 3.45. The summed E-state index contributed by atoms with van der Waals surface area (Å²) in [6.07, 6.45) is 5.89. The molecule has 0 spiro atoms. The minimum absolute atomic E-state index is 0.185. The predicted octanol–water partition coefficient (Wildman–Crippen LogP) is 5.29. The fourth-order valence-electron chi connectivity index (χ4n) is 4.07. The van der Waals surface area contributed by atoms with Gasteiger partial charge in [-0.25, -0.2) is 0 Å². The van der Waals surface area contributed by atoms with Gasteiger partial charge in [0.2, 0.25) is 0 Å². The van der Waals surface area contributed by atoms with Gasteiger partial charge < -0.3 is 15.0 Å². The molecule has 2 aromatic carbocycles. The largest absolute Gasteiger partial charge is 0.480 e. The number of nitrogens with one attached hydrogen (secondary N) is 1. The molecule has 0 amide bonds. The van der Waals surface area contributed by atoms with Gasteiger partial charge in [0.1, 0.15) is 6.54 Å². The number of rotatable bonds is 4. The first-order valence-electron chi connectivity index (χ1n) is 9.38. The van der Waals surface area contributed by atoms with Crippen LogP contribution in [-0.2, 0) is 11.3 Å². The van der Waals surface area contributed by atoms with Crippen LogP contribution in [0.2, 0.25) is 10.0 Å². The van der Waals surface area contributed by atoms with Crippen molar-refractivity contribution < 1.29 is 9.90 Å². The second-order valence-corrected chi connectivity index (χ2v) is 8.06. The van der Waals surface area contributed by atoms with Gasteiger partial charge in [-0.15, -0.1) is 0 Å². The number of carboxylic acid groups (broad SMARTS) is 1. The van der Waals surface area contributed by atoms with E-state index in [1.807, 2.05) is 12.1 Å². The van der Waals surface area contributed by atoms with Crippen molar-refractivity contribution >= 4 is 56.7 Å². The molecule has 146 valence electrons. The highest BCUT2D eigenvalue weighted by atomic mass is 35.5. The summed E-state index contributed by atoms with van der Waals surface area (Å²) in [5, 5.41) is 14.3. The fraction of sp³-hybridized carbons (Fsp3) is 0.333. The van der Waals surface area contributed by atoms with Crippen LogP contribution in [0.25, 0.3) is 21.8 Å². The Bertz CT molecular complexity index is 1130. The minimum Gasteiger partial charge on any atom is -0.480 e. The van der Waals surface area contributed by atoms with E-state index in [0.717, 1.165) is 18.5 Å². The molecular formula is C21H20Cl2N2O3. The molecule has 0 aliphatic heterocycles. The SMILES string of the molecule is O=C(O)Cn1c2cc(NC3CCCCC3)ccc2c(=O)c2ccc(Cl)c(Cl)c21. The van der Waals surface area contributed by atoms with Crippen molar-refractivity contribution in [2.45, 2.75) is 44.7 Å².